The third kappa shape index (κ3) is 4.97. The maximum Gasteiger partial charge on any atom is 0.131 e. The molecule has 1 N–H and O–H groups in total. The Morgan fingerprint density at radius 2 is 2.10 bits per heavy atom. The van der Waals surface area contributed by atoms with Crippen LogP contribution in [0.5, 0.6) is 5.75 Å². The standard InChI is InChI=1S/C22H30FN3O2S/c1-28-18-7-6-16(19(23)12-18)13-26-10-9-25(14-17(26)8-11-27)15-22-24-20-4-2-3-5-21(20)29-22/h6-7,12,17,27H,2-5,8-11,13-15H2,1H3. The van der Waals surface area contributed by atoms with Crippen molar-refractivity contribution in [1.29, 1.82) is 0 Å². The Bertz CT molecular complexity index is 805. The average Bonchev–Trinajstić information content (AvgIpc) is 3.13. The van der Waals surface area contributed by atoms with Crippen LogP contribution in [0.15, 0.2) is 18.2 Å². The lowest BCUT2D eigenvalue weighted by Gasteiger charge is -2.41. The van der Waals surface area contributed by atoms with Gasteiger partial charge in [0, 0.05) is 55.3 Å². The number of aliphatic hydroxyl groups excluding tert-OH is 1. The summed E-state index contributed by atoms with van der Waals surface area (Å²) in [5.41, 5.74) is 1.99. The van der Waals surface area contributed by atoms with Crippen molar-refractivity contribution in [2.75, 3.05) is 33.4 Å². The highest BCUT2D eigenvalue weighted by Crippen LogP contribution is 2.28. The van der Waals surface area contributed by atoms with Gasteiger partial charge in [0.25, 0.3) is 0 Å². The van der Waals surface area contributed by atoms with E-state index in [4.69, 9.17) is 9.72 Å². The van der Waals surface area contributed by atoms with Crippen molar-refractivity contribution in [1.82, 2.24) is 14.8 Å². The number of benzene rings is 1. The summed E-state index contributed by atoms with van der Waals surface area (Å²) in [5.74, 6) is 0.303. The topological polar surface area (TPSA) is 48.8 Å². The number of halogens is 1. The summed E-state index contributed by atoms with van der Waals surface area (Å²) in [7, 11) is 1.55. The van der Waals surface area contributed by atoms with Crippen LogP contribution < -0.4 is 4.74 Å². The van der Waals surface area contributed by atoms with E-state index >= 15 is 0 Å². The molecule has 2 aromatic rings. The normalized spacial score (nSPS) is 20.6. The summed E-state index contributed by atoms with van der Waals surface area (Å²) in [5, 5.41) is 10.8. The predicted molar refractivity (Wildman–Crippen MR) is 113 cm³/mol. The molecule has 1 unspecified atom stereocenters. The number of hydrogen-bond donors (Lipinski definition) is 1. The van der Waals surface area contributed by atoms with Crippen LogP contribution >= 0.6 is 11.3 Å². The van der Waals surface area contributed by atoms with Gasteiger partial charge in [-0.3, -0.25) is 9.80 Å². The summed E-state index contributed by atoms with van der Waals surface area (Å²) >= 11 is 1.88. The van der Waals surface area contributed by atoms with E-state index in [0.29, 0.717) is 24.3 Å². The van der Waals surface area contributed by atoms with E-state index in [1.807, 2.05) is 11.3 Å². The zero-order valence-corrected chi connectivity index (χ0v) is 17.9. The number of rotatable bonds is 7. The molecular formula is C22H30FN3O2S. The zero-order chi connectivity index (χ0) is 20.2. The number of nitrogens with zero attached hydrogens (tertiary/aromatic N) is 3. The van der Waals surface area contributed by atoms with Gasteiger partial charge in [0.2, 0.25) is 0 Å². The Morgan fingerprint density at radius 3 is 2.86 bits per heavy atom. The monoisotopic (exact) mass is 419 g/mol. The van der Waals surface area contributed by atoms with E-state index in [9.17, 15) is 9.50 Å². The van der Waals surface area contributed by atoms with Crippen LogP contribution in [0.3, 0.4) is 0 Å². The second-order valence-corrected chi connectivity index (χ2v) is 9.18. The minimum atomic E-state index is -0.233. The lowest BCUT2D eigenvalue weighted by atomic mass is 10.0. The quantitative estimate of drug-likeness (QED) is 0.747. The highest BCUT2D eigenvalue weighted by atomic mass is 32.1. The molecule has 4 rings (SSSR count). The first-order valence-corrected chi connectivity index (χ1v) is 11.3. The molecule has 1 aromatic carbocycles. The van der Waals surface area contributed by atoms with Crippen molar-refractivity contribution in [3.63, 3.8) is 0 Å². The molecule has 1 fully saturated rings. The van der Waals surface area contributed by atoms with Crippen molar-refractivity contribution in [2.24, 2.45) is 0 Å². The lowest BCUT2D eigenvalue weighted by Crippen LogP contribution is -2.52. The Balaban J connectivity index is 1.40. The van der Waals surface area contributed by atoms with Gasteiger partial charge < -0.3 is 9.84 Å². The average molecular weight is 420 g/mol. The van der Waals surface area contributed by atoms with Crippen LogP contribution in [0, 0.1) is 5.82 Å². The molecule has 2 heterocycles. The Kier molecular flexibility index (Phi) is 6.80. The van der Waals surface area contributed by atoms with Gasteiger partial charge in [-0.2, -0.15) is 0 Å². The largest absolute Gasteiger partial charge is 0.497 e. The van der Waals surface area contributed by atoms with Gasteiger partial charge in [0.15, 0.2) is 0 Å². The first-order valence-electron chi connectivity index (χ1n) is 10.5. The maximum atomic E-state index is 14.4. The molecule has 7 heteroatoms. The highest BCUT2D eigenvalue weighted by molar-refractivity contribution is 7.11. The molecule has 0 amide bonds. The van der Waals surface area contributed by atoms with Crippen molar-refractivity contribution in [3.8, 4) is 5.75 Å². The molecule has 1 aliphatic carbocycles. The summed E-state index contributed by atoms with van der Waals surface area (Å²) < 4.78 is 19.5. The fourth-order valence-corrected chi connectivity index (χ4v) is 5.60. The van der Waals surface area contributed by atoms with Gasteiger partial charge >= 0.3 is 0 Å². The second-order valence-electron chi connectivity index (χ2n) is 8.01. The molecule has 1 saturated heterocycles. The van der Waals surface area contributed by atoms with Crippen LogP contribution in [0.1, 0.15) is 40.4 Å². The third-order valence-corrected chi connectivity index (χ3v) is 7.18. The minimum absolute atomic E-state index is 0.144. The number of aromatic nitrogens is 1. The molecule has 29 heavy (non-hydrogen) atoms. The Labute approximate surface area is 176 Å². The van der Waals surface area contributed by atoms with Crippen molar-refractivity contribution >= 4 is 11.3 Å². The zero-order valence-electron chi connectivity index (χ0n) is 17.1. The number of thiazole rings is 1. The van der Waals surface area contributed by atoms with E-state index in [1.165, 1.54) is 40.9 Å². The molecule has 1 atom stereocenters. The van der Waals surface area contributed by atoms with Crippen LogP contribution in [0.2, 0.25) is 0 Å². The molecule has 0 saturated carbocycles. The van der Waals surface area contributed by atoms with E-state index in [-0.39, 0.29) is 18.5 Å². The Morgan fingerprint density at radius 1 is 1.24 bits per heavy atom. The van der Waals surface area contributed by atoms with E-state index in [0.717, 1.165) is 32.6 Å². The Hall–Kier alpha value is -1.54. The smallest absolute Gasteiger partial charge is 0.131 e. The second kappa shape index (κ2) is 9.51. The lowest BCUT2D eigenvalue weighted by molar-refractivity contribution is 0.0492. The van der Waals surface area contributed by atoms with Crippen LogP contribution in [-0.4, -0.2) is 59.3 Å². The van der Waals surface area contributed by atoms with Gasteiger partial charge in [0.05, 0.1) is 19.3 Å². The van der Waals surface area contributed by atoms with E-state index < -0.39 is 0 Å². The maximum absolute atomic E-state index is 14.4. The number of hydrogen-bond acceptors (Lipinski definition) is 6. The SMILES string of the molecule is COc1ccc(CN2CCN(Cc3nc4c(s3)CCCC4)CC2CCO)c(F)c1. The molecule has 2 aliphatic rings. The first kappa shape index (κ1) is 20.7. The van der Waals surface area contributed by atoms with Crippen molar-refractivity contribution in [2.45, 2.75) is 51.2 Å². The fraction of sp³-hybridized carbons (Fsp3) is 0.591. The number of piperazine rings is 1. The van der Waals surface area contributed by atoms with Crippen LogP contribution in [-0.2, 0) is 25.9 Å². The predicted octanol–water partition coefficient (Wildman–Crippen LogP) is 3.24. The van der Waals surface area contributed by atoms with Gasteiger partial charge in [-0.15, -0.1) is 11.3 Å². The van der Waals surface area contributed by atoms with Crippen molar-refractivity contribution in [3.05, 3.63) is 45.2 Å². The first-order chi connectivity index (χ1) is 14.2. The van der Waals surface area contributed by atoms with Gasteiger partial charge in [-0.25, -0.2) is 9.37 Å². The number of ether oxygens (including phenoxy) is 1. The van der Waals surface area contributed by atoms with Crippen LogP contribution in [0.4, 0.5) is 4.39 Å². The van der Waals surface area contributed by atoms with E-state index in [1.54, 1.807) is 19.2 Å². The highest BCUT2D eigenvalue weighted by Gasteiger charge is 2.28. The third-order valence-electron chi connectivity index (χ3n) is 6.03. The molecule has 0 radical (unpaired) electrons. The minimum Gasteiger partial charge on any atom is -0.497 e. The van der Waals surface area contributed by atoms with Gasteiger partial charge in [-0.05, 0) is 38.2 Å². The molecule has 158 valence electrons. The summed E-state index contributed by atoms with van der Waals surface area (Å²) in [6.45, 7) is 4.25. The van der Waals surface area contributed by atoms with Gasteiger partial charge in [0.1, 0.15) is 16.6 Å². The molecule has 1 aliphatic heterocycles. The van der Waals surface area contributed by atoms with Crippen molar-refractivity contribution < 1.29 is 14.2 Å². The number of aliphatic hydroxyl groups is 1. The summed E-state index contributed by atoms with van der Waals surface area (Å²) in [6.07, 6.45) is 5.55. The molecule has 0 spiro atoms. The summed E-state index contributed by atoms with van der Waals surface area (Å²) in [4.78, 5) is 11.1. The number of fused-ring (bicyclic) bond motifs is 1. The molecule has 1 aromatic heterocycles. The van der Waals surface area contributed by atoms with Crippen LogP contribution in [0.25, 0.3) is 0 Å². The molecular weight excluding hydrogens is 389 g/mol. The number of aryl methyl sites for hydroxylation is 2. The van der Waals surface area contributed by atoms with Gasteiger partial charge in [-0.1, -0.05) is 6.07 Å². The fourth-order valence-electron chi connectivity index (χ4n) is 4.40. The molecule has 5 nitrogen and oxygen atoms in total. The van der Waals surface area contributed by atoms with E-state index in [2.05, 4.69) is 9.80 Å². The summed E-state index contributed by atoms with van der Waals surface area (Å²) in [6, 6.07) is 5.26. The molecule has 0 bridgehead atoms. The number of methoxy groups -OCH3 is 1.